The summed E-state index contributed by atoms with van der Waals surface area (Å²) in [5.74, 6) is 0.413. The minimum atomic E-state index is -3.22. The Kier molecular flexibility index (Phi) is 2.30. The first-order valence-corrected chi connectivity index (χ1v) is 7.19. The molecule has 2 aromatic rings. The number of hydrogen-bond donors (Lipinski definition) is 1. The lowest BCUT2D eigenvalue weighted by atomic mass is 10.1. The second kappa shape index (κ2) is 3.64. The Morgan fingerprint density at radius 1 is 1.28 bits per heavy atom. The Hall–Kier alpha value is -1.71. The topological polar surface area (TPSA) is 62.3 Å². The fourth-order valence-electron chi connectivity index (χ4n) is 2.00. The van der Waals surface area contributed by atoms with Gasteiger partial charge in [-0.25, -0.2) is 9.65 Å². The number of carbonyl (C=O) groups is 1. The van der Waals surface area contributed by atoms with Gasteiger partial charge in [0.2, 0.25) is 0 Å². The van der Waals surface area contributed by atoms with Gasteiger partial charge in [-0.2, -0.15) is 0 Å². The van der Waals surface area contributed by atoms with Crippen molar-refractivity contribution in [1.82, 2.24) is 9.65 Å². The van der Waals surface area contributed by atoms with E-state index in [0.717, 1.165) is 10.9 Å². The highest BCUT2D eigenvalue weighted by Crippen LogP contribution is 2.56. The molecule has 6 heteroatoms. The first-order valence-electron chi connectivity index (χ1n) is 5.53. The van der Waals surface area contributed by atoms with Gasteiger partial charge in [0.25, 0.3) is 5.52 Å². The first-order chi connectivity index (χ1) is 8.52. The second-order valence-corrected chi connectivity index (χ2v) is 7.00. The van der Waals surface area contributed by atoms with Crippen molar-refractivity contribution in [1.29, 1.82) is 0 Å². The van der Waals surface area contributed by atoms with Crippen LogP contribution in [0.15, 0.2) is 30.3 Å². The van der Waals surface area contributed by atoms with Crippen LogP contribution < -0.4 is 5.09 Å². The molecule has 0 spiro atoms. The quantitative estimate of drug-likeness (QED) is 0.799. The third-order valence-electron chi connectivity index (χ3n) is 3.05. The van der Waals surface area contributed by atoms with Crippen molar-refractivity contribution in [2.75, 3.05) is 19.2 Å². The second-order valence-electron chi connectivity index (χ2n) is 4.42. The molecule has 0 radical (unpaired) electrons. The number of hydrogen-bond acceptors (Lipinski definition) is 3. The highest BCUT2D eigenvalue weighted by atomic mass is 31.2. The molecule has 18 heavy (non-hydrogen) atoms. The maximum atomic E-state index is 12.5. The lowest BCUT2D eigenvalue weighted by Gasteiger charge is -2.17. The van der Waals surface area contributed by atoms with E-state index in [1.54, 1.807) is 20.2 Å². The van der Waals surface area contributed by atoms with Crippen molar-refractivity contribution in [2.45, 2.75) is 0 Å². The normalized spacial score (nSPS) is 22.3. The Bertz CT molecular complexity index is 712. The third kappa shape index (κ3) is 1.41. The molecule has 92 valence electrons. The molecule has 0 saturated carbocycles. The van der Waals surface area contributed by atoms with Gasteiger partial charge in [-0.15, -0.1) is 0 Å². The van der Waals surface area contributed by atoms with Gasteiger partial charge >= 0.3 is 7.44 Å². The molecule has 1 aromatic heterocycles. The van der Waals surface area contributed by atoms with Gasteiger partial charge in [0.05, 0.1) is 11.1 Å². The Morgan fingerprint density at radius 2 is 2.00 bits per heavy atom. The number of carbonyl (C=O) groups excluding carboxylic acids is 1. The molecule has 1 unspecified atom stereocenters. The summed E-state index contributed by atoms with van der Waals surface area (Å²) in [7, 11) is 0.0232. The van der Waals surface area contributed by atoms with Crippen LogP contribution in [-0.2, 0) is 4.57 Å². The average Bonchev–Trinajstić information content (AvgIpc) is 2.60. The number of para-hydroxylation sites is 1. The SMILES string of the molecule is CN(C)P1(=O)Nc2nc3ccccc3cc2C1=O. The van der Waals surface area contributed by atoms with Gasteiger partial charge in [-0.1, -0.05) is 18.2 Å². The molecule has 0 aliphatic carbocycles. The van der Waals surface area contributed by atoms with E-state index >= 15 is 0 Å². The van der Waals surface area contributed by atoms with E-state index in [9.17, 15) is 9.36 Å². The van der Waals surface area contributed by atoms with E-state index in [2.05, 4.69) is 10.1 Å². The van der Waals surface area contributed by atoms with Crippen LogP contribution in [0.25, 0.3) is 10.9 Å². The zero-order valence-electron chi connectivity index (χ0n) is 10.0. The Morgan fingerprint density at radius 3 is 2.72 bits per heavy atom. The molecule has 1 aliphatic heterocycles. The molecule has 2 heterocycles. The van der Waals surface area contributed by atoms with Crippen molar-refractivity contribution < 1.29 is 9.36 Å². The van der Waals surface area contributed by atoms with Crippen molar-refractivity contribution in [2.24, 2.45) is 0 Å². The van der Waals surface area contributed by atoms with E-state index in [1.165, 1.54) is 4.67 Å². The Labute approximate surface area is 104 Å². The standard InChI is InChI=1S/C12H12N3O2P/c1-15(2)18(17)12(16)9-7-8-5-3-4-6-10(8)13-11(9)14-18/h3-7H,1-2H3,(H,13,14,17). The van der Waals surface area contributed by atoms with Crippen LogP contribution >= 0.6 is 7.44 Å². The summed E-state index contributed by atoms with van der Waals surface area (Å²) in [6.07, 6.45) is 0. The van der Waals surface area contributed by atoms with Crippen LogP contribution in [0.5, 0.6) is 0 Å². The largest absolute Gasteiger partial charge is 0.307 e. The molecule has 1 aromatic carbocycles. The van der Waals surface area contributed by atoms with E-state index < -0.39 is 7.44 Å². The minimum absolute atomic E-state index is 0.374. The van der Waals surface area contributed by atoms with Crippen LogP contribution in [-0.4, -0.2) is 29.3 Å². The van der Waals surface area contributed by atoms with E-state index in [-0.39, 0.29) is 5.52 Å². The summed E-state index contributed by atoms with van der Waals surface area (Å²) in [4.78, 5) is 16.5. The lowest BCUT2D eigenvalue weighted by molar-refractivity contribution is 0.107. The molecule has 1 atom stereocenters. The van der Waals surface area contributed by atoms with Crippen LogP contribution in [0, 0.1) is 0 Å². The van der Waals surface area contributed by atoms with Crippen LogP contribution in [0.4, 0.5) is 5.82 Å². The summed E-state index contributed by atoms with van der Waals surface area (Å²) in [6.45, 7) is 0. The smallest absolute Gasteiger partial charge is 0.303 e. The monoisotopic (exact) mass is 261 g/mol. The van der Waals surface area contributed by atoms with Gasteiger partial charge in [0.15, 0.2) is 0 Å². The maximum Gasteiger partial charge on any atom is 0.307 e. The van der Waals surface area contributed by atoms with Crippen molar-refractivity contribution in [3.05, 3.63) is 35.9 Å². The lowest BCUT2D eigenvalue weighted by Crippen LogP contribution is -2.15. The van der Waals surface area contributed by atoms with Gasteiger partial charge < -0.3 is 5.09 Å². The van der Waals surface area contributed by atoms with E-state index in [0.29, 0.717) is 11.4 Å². The van der Waals surface area contributed by atoms with Crippen molar-refractivity contribution in [3.8, 4) is 0 Å². The fraction of sp³-hybridized carbons (Fsp3) is 0.167. The summed E-state index contributed by atoms with van der Waals surface area (Å²) < 4.78 is 13.9. The van der Waals surface area contributed by atoms with Crippen molar-refractivity contribution in [3.63, 3.8) is 0 Å². The van der Waals surface area contributed by atoms with Gasteiger partial charge in [-0.3, -0.25) is 9.36 Å². The zero-order chi connectivity index (χ0) is 12.9. The first kappa shape index (κ1) is 11.4. The fourth-order valence-corrected chi connectivity index (χ4v) is 3.62. The molecule has 0 bridgehead atoms. The van der Waals surface area contributed by atoms with Gasteiger partial charge in [0, 0.05) is 5.39 Å². The molecule has 0 amide bonds. The molecule has 1 N–H and O–H groups in total. The highest BCUT2D eigenvalue weighted by Gasteiger charge is 2.43. The summed E-state index contributed by atoms with van der Waals surface area (Å²) in [5.41, 5.74) is 0.815. The molecular formula is C12H12N3O2P. The maximum absolute atomic E-state index is 12.5. The van der Waals surface area contributed by atoms with Gasteiger partial charge in [-0.05, 0) is 26.2 Å². The number of fused-ring (bicyclic) bond motifs is 2. The number of aromatic nitrogens is 1. The summed E-state index contributed by atoms with van der Waals surface area (Å²) in [5, 5.41) is 3.65. The molecule has 0 fully saturated rings. The molecule has 0 saturated heterocycles. The number of nitrogens with one attached hydrogen (secondary N) is 1. The summed E-state index contributed by atoms with van der Waals surface area (Å²) in [6, 6.07) is 9.25. The number of benzene rings is 1. The van der Waals surface area contributed by atoms with Gasteiger partial charge in [0.1, 0.15) is 5.82 Å². The number of anilines is 1. The van der Waals surface area contributed by atoms with Crippen molar-refractivity contribution >= 4 is 29.7 Å². The third-order valence-corrected chi connectivity index (χ3v) is 5.48. The number of nitrogens with zero attached hydrogens (tertiary/aromatic N) is 2. The molecular weight excluding hydrogens is 249 g/mol. The molecule has 3 rings (SSSR count). The number of pyridine rings is 1. The predicted octanol–water partition coefficient (Wildman–Crippen LogP) is 2.56. The van der Waals surface area contributed by atoms with Crippen LogP contribution in [0.2, 0.25) is 0 Å². The van der Waals surface area contributed by atoms with E-state index in [4.69, 9.17) is 0 Å². The molecule has 5 nitrogen and oxygen atoms in total. The van der Waals surface area contributed by atoms with E-state index in [1.807, 2.05) is 24.3 Å². The average molecular weight is 261 g/mol. The predicted molar refractivity (Wildman–Crippen MR) is 71.0 cm³/mol. The highest BCUT2D eigenvalue weighted by molar-refractivity contribution is 7.81. The molecule has 1 aliphatic rings. The zero-order valence-corrected chi connectivity index (χ0v) is 10.9. The number of rotatable bonds is 1. The summed E-state index contributed by atoms with van der Waals surface area (Å²) >= 11 is 0. The Balaban J connectivity index is 2.24. The van der Waals surface area contributed by atoms with Crippen LogP contribution in [0.3, 0.4) is 0 Å². The minimum Gasteiger partial charge on any atom is -0.303 e. The van der Waals surface area contributed by atoms with Crippen LogP contribution in [0.1, 0.15) is 10.4 Å².